The third-order valence-corrected chi connectivity index (χ3v) is 4.50. The minimum atomic E-state index is 0.111. The van der Waals surface area contributed by atoms with Crippen molar-refractivity contribution in [1.29, 1.82) is 0 Å². The molecule has 1 aliphatic carbocycles. The van der Waals surface area contributed by atoms with Crippen LogP contribution in [-0.2, 0) is 4.74 Å². The number of hydrogen-bond acceptors (Lipinski definition) is 6. The van der Waals surface area contributed by atoms with Gasteiger partial charge >= 0.3 is 0 Å². The number of anilines is 2. The van der Waals surface area contributed by atoms with E-state index in [0.717, 1.165) is 18.0 Å². The lowest BCUT2D eigenvalue weighted by Crippen LogP contribution is -2.58. The summed E-state index contributed by atoms with van der Waals surface area (Å²) in [7, 11) is 1.61. The number of nitrogens with one attached hydrogen (secondary N) is 1. The fourth-order valence-electron chi connectivity index (χ4n) is 2.36. The molecule has 0 amide bonds. The quantitative estimate of drug-likeness (QED) is 0.860. The van der Waals surface area contributed by atoms with Crippen LogP contribution in [0.4, 0.5) is 10.8 Å². The Morgan fingerprint density at radius 2 is 2.28 bits per heavy atom. The second-order valence-electron chi connectivity index (χ2n) is 5.13. The Morgan fingerprint density at radius 3 is 2.83 bits per heavy atom. The van der Waals surface area contributed by atoms with Gasteiger partial charge in [0.1, 0.15) is 0 Å². The van der Waals surface area contributed by atoms with Crippen LogP contribution in [0.3, 0.4) is 0 Å². The van der Waals surface area contributed by atoms with Gasteiger partial charge < -0.3 is 20.5 Å². The molecular formula is C12H21N3O2S. The molecule has 3 N–H and O–H groups in total. The Morgan fingerprint density at radius 1 is 1.56 bits per heavy atom. The molecule has 0 radical (unpaired) electrons. The standard InChI is InChI=1S/C12H21N3O2S/c1-5-17-8-6-7(12(8,2)3)14-11-9(16-4)10(13)15-18-11/h7-8,14H,5-6H2,1-4H3,(H2,13,15). The number of aromatic nitrogens is 1. The van der Waals surface area contributed by atoms with Crippen LogP contribution < -0.4 is 15.8 Å². The van der Waals surface area contributed by atoms with Crippen molar-refractivity contribution in [3.05, 3.63) is 0 Å². The molecule has 0 aromatic carbocycles. The summed E-state index contributed by atoms with van der Waals surface area (Å²) in [5, 5.41) is 4.37. The van der Waals surface area contributed by atoms with Gasteiger partial charge in [-0.25, -0.2) is 0 Å². The molecule has 2 unspecified atom stereocenters. The molecule has 0 spiro atoms. The Labute approximate surface area is 112 Å². The number of nitrogens with zero attached hydrogens (tertiary/aromatic N) is 1. The zero-order valence-corrected chi connectivity index (χ0v) is 12.1. The molecular weight excluding hydrogens is 250 g/mol. The molecule has 18 heavy (non-hydrogen) atoms. The summed E-state index contributed by atoms with van der Waals surface area (Å²) < 4.78 is 15.1. The number of methoxy groups -OCH3 is 1. The minimum absolute atomic E-state index is 0.111. The van der Waals surface area contributed by atoms with E-state index in [1.165, 1.54) is 11.5 Å². The molecule has 2 atom stereocenters. The highest BCUT2D eigenvalue weighted by Crippen LogP contribution is 2.46. The molecule has 2 rings (SSSR count). The van der Waals surface area contributed by atoms with Crippen molar-refractivity contribution in [3.63, 3.8) is 0 Å². The lowest BCUT2D eigenvalue weighted by Gasteiger charge is -2.51. The Hall–Kier alpha value is -1.01. The molecule has 0 saturated heterocycles. The first-order chi connectivity index (χ1) is 8.50. The summed E-state index contributed by atoms with van der Waals surface area (Å²) in [6.07, 6.45) is 1.32. The van der Waals surface area contributed by atoms with Gasteiger partial charge in [-0.05, 0) is 24.9 Å². The summed E-state index contributed by atoms with van der Waals surface area (Å²) in [6, 6.07) is 0.364. The summed E-state index contributed by atoms with van der Waals surface area (Å²) in [4.78, 5) is 0. The predicted molar refractivity (Wildman–Crippen MR) is 74.3 cm³/mol. The SMILES string of the molecule is CCOC1CC(Nc2snc(N)c2OC)C1(C)C. The number of hydrogen-bond donors (Lipinski definition) is 2. The van der Waals surface area contributed by atoms with E-state index in [4.69, 9.17) is 15.2 Å². The van der Waals surface area contributed by atoms with E-state index in [0.29, 0.717) is 23.7 Å². The van der Waals surface area contributed by atoms with Gasteiger partial charge in [-0.1, -0.05) is 13.8 Å². The zero-order chi connectivity index (χ0) is 13.3. The second kappa shape index (κ2) is 4.93. The first-order valence-electron chi connectivity index (χ1n) is 6.18. The first kappa shape index (κ1) is 13.4. The van der Waals surface area contributed by atoms with Crippen molar-refractivity contribution in [3.8, 4) is 5.75 Å². The zero-order valence-electron chi connectivity index (χ0n) is 11.3. The van der Waals surface area contributed by atoms with Crippen LogP contribution in [0, 0.1) is 5.41 Å². The van der Waals surface area contributed by atoms with Crippen LogP contribution in [0.1, 0.15) is 27.2 Å². The first-order valence-corrected chi connectivity index (χ1v) is 6.95. The maximum atomic E-state index is 5.74. The van der Waals surface area contributed by atoms with Gasteiger partial charge in [-0.3, -0.25) is 0 Å². The van der Waals surface area contributed by atoms with Crippen LogP contribution in [-0.4, -0.2) is 30.2 Å². The summed E-state index contributed by atoms with van der Waals surface area (Å²) in [5.74, 6) is 1.10. The smallest absolute Gasteiger partial charge is 0.197 e. The Kier molecular flexibility index (Phi) is 3.68. The highest BCUT2D eigenvalue weighted by molar-refractivity contribution is 7.11. The van der Waals surface area contributed by atoms with E-state index in [9.17, 15) is 0 Å². The average Bonchev–Trinajstić information content (AvgIpc) is 2.68. The number of nitrogen functional groups attached to an aromatic ring is 1. The minimum Gasteiger partial charge on any atom is -0.490 e. The molecule has 1 aromatic heterocycles. The van der Waals surface area contributed by atoms with Crippen LogP contribution in [0.15, 0.2) is 0 Å². The maximum absolute atomic E-state index is 5.74. The Balaban J connectivity index is 2.03. The van der Waals surface area contributed by atoms with Crippen LogP contribution in [0.5, 0.6) is 5.75 Å². The number of ether oxygens (including phenoxy) is 2. The van der Waals surface area contributed by atoms with Gasteiger partial charge in [0.15, 0.2) is 16.6 Å². The molecule has 1 aromatic rings. The van der Waals surface area contributed by atoms with Crippen molar-refractivity contribution in [2.24, 2.45) is 5.41 Å². The van der Waals surface area contributed by atoms with E-state index in [2.05, 4.69) is 23.5 Å². The molecule has 1 fully saturated rings. The van der Waals surface area contributed by atoms with E-state index in [1.807, 2.05) is 6.92 Å². The van der Waals surface area contributed by atoms with Crippen LogP contribution in [0.2, 0.25) is 0 Å². The third-order valence-electron chi connectivity index (χ3n) is 3.73. The molecule has 6 heteroatoms. The maximum Gasteiger partial charge on any atom is 0.197 e. The van der Waals surface area contributed by atoms with E-state index < -0.39 is 0 Å². The van der Waals surface area contributed by atoms with Crippen LogP contribution >= 0.6 is 11.5 Å². The molecule has 5 nitrogen and oxygen atoms in total. The fraction of sp³-hybridized carbons (Fsp3) is 0.750. The van der Waals surface area contributed by atoms with Gasteiger partial charge in [-0.15, -0.1) is 0 Å². The second-order valence-corrected chi connectivity index (χ2v) is 5.90. The average molecular weight is 271 g/mol. The monoisotopic (exact) mass is 271 g/mol. The van der Waals surface area contributed by atoms with E-state index in [-0.39, 0.29) is 5.41 Å². The molecule has 102 valence electrons. The van der Waals surface area contributed by atoms with E-state index in [1.54, 1.807) is 7.11 Å². The molecule has 1 saturated carbocycles. The number of rotatable bonds is 5. The summed E-state index contributed by atoms with van der Waals surface area (Å²) in [6.45, 7) is 7.22. The van der Waals surface area contributed by atoms with Gasteiger partial charge in [0.05, 0.1) is 13.2 Å². The highest BCUT2D eigenvalue weighted by Gasteiger charge is 2.49. The molecule has 1 heterocycles. The summed E-state index contributed by atoms with van der Waals surface area (Å²) >= 11 is 1.34. The van der Waals surface area contributed by atoms with Crippen molar-refractivity contribution in [2.75, 3.05) is 24.8 Å². The topological polar surface area (TPSA) is 69.4 Å². The summed E-state index contributed by atoms with van der Waals surface area (Å²) in [5.41, 5.74) is 5.85. The van der Waals surface area contributed by atoms with Crippen molar-refractivity contribution in [1.82, 2.24) is 4.37 Å². The van der Waals surface area contributed by atoms with Crippen molar-refractivity contribution in [2.45, 2.75) is 39.3 Å². The normalized spacial score (nSPS) is 25.6. The Bertz CT molecular complexity index is 419. The van der Waals surface area contributed by atoms with Crippen molar-refractivity contribution >= 4 is 22.4 Å². The van der Waals surface area contributed by atoms with Crippen LogP contribution in [0.25, 0.3) is 0 Å². The fourth-order valence-corrected chi connectivity index (χ4v) is 3.09. The predicted octanol–water partition coefficient (Wildman–Crippen LogP) is 2.35. The van der Waals surface area contributed by atoms with Crippen molar-refractivity contribution < 1.29 is 9.47 Å². The molecule has 1 aliphatic rings. The third kappa shape index (κ3) is 2.14. The van der Waals surface area contributed by atoms with Gasteiger partial charge in [-0.2, -0.15) is 4.37 Å². The van der Waals surface area contributed by atoms with Gasteiger partial charge in [0, 0.05) is 18.1 Å². The lowest BCUT2D eigenvalue weighted by molar-refractivity contribution is -0.0975. The van der Waals surface area contributed by atoms with Gasteiger partial charge in [0.25, 0.3) is 0 Å². The molecule has 0 bridgehead atoms. The van der Waals surface area contributed by atoms with E-state index >= 15 is 0 Å². The lowest BCUT2D eigenvalue weighted by atomic mass is 9.64. The number of nitrogens with two attached hydrogens (primary N) is 1. The molecule has 0 aliphatic heterocycles. The van der Waals surface area contributed by atoms with Gasteiger partial charge in [0.2, 0.25) is 0 Å². The highest BCUT2D eigenvalue weighted by atomic mass is 32.1. The largest absolute Gasteiger partial charge is 0.490 e.